The number of hydrogen-bond donors (Lipinski definition) is 1. The van der Waals surface area contributed by atoms with Crippen molar-refractivity contribution >= 4 is 5.97 Å². The summed E-state index contributed by atoms with van der Waals surface area (Å²) in [7, 11) is 0. The Kier molecular flexibility index (Phi) is 4.86. The Labute approximate surface area is 94.3 Å². The van der Waals surface area contributed by atoms with Crippen molar-refractivity contribution in [2.45, 2.75) is 13.3 Å². The zero-order chi connectivity index (χ0) is 11.8. The highest BCUT2D eigenvalue weighted by Gasteiger charge is 2.01. The molecule has 0 spiro atoms. The van der Waals surface area contributed by atoms with Crippen LogP contribution in [0.5, 0.6) is 0 Å². The van der Waals surface area contributed by atoms with E-state index in [4.69, 9.17) is 5.11 Å². The molecular weight excluding hydrogens is 204 g/mol. The maximum atomic E-state index is 9.97. The molecule has 0 aliphatic rings. The fourth-order valence-electron chi connectivity index (χ4n) is 1.11. The lowest BCUT2D eigenvalue weighted by Gasteiger charge is -1.89. The van der Waals surface area contributed by atoms with Gasteiger partial charge in [-0.2, -0.15) is 0 Å². The second-order valence-electron chi connectivity index (χ2n) is 3.12. The average molecular weight is 218 g/mol. The van der Waals surface area contributed by atoms with Crippen molar-refractivity contribution in [3.05, 3.63) is 60.1 Å². The molecule has 16 heavy (non-hydrogen) atoms. The second-order valence-corrected chi connectivity index (χ2v) is 3.12. The molecule has 3 heteroatoms. The third-order valence-corrected chi connectivity index (χ3v) is 1.98. The summed E-state index contributed by atoms with van der Waals surface area (Å²) in [5, 5.41) is 8.18. The minimum Gasteiger partial charge on any atom is -0.475 e. The molecule has 1 aromatic heterocycles. The Morgan fingerprint density at radius 3 is 2.19 bits per heavy atom. The van der Waals surface area contributed by atoms with Crippen molar-refractivity contribution in [1.82, 2.24) is 0 Å². The third-order valence-electron chi connectivity index (χ3n) is 1.98. The van der Waals surface area contributed by atoms with E-state index in [0.717, 1.165) is 6.42 Å². The van der Waals surface area contributed by atoms with Crippen LogP contribution in [-0.4, -0.2) is 11.1 Å². The molecule has 0 radical (unpaired) electrons. The molecule has 0 atom stereocenters. The molecule has 1 heterocycles. The fourth-order valence-corrected chi connectivity index (χ4v) is 1.11. The number of hydrogen-bond acceptors (Lipinski definition) is 2. The van der Waals surface area contributed by atoms with Gasteiger partial charge in [0.1, 0.15) is 0 Å². The molecular formula is C13H14O3. The predicted octanol–water partition coefficient (Wildman–Crippen LogP) is 3.23. The molecule has 1 aromatic carbocycles. The number of carboxylic acids is 1. The van der Waals surface area contributed by atoms with Crippen LogP contribution in [0.2, 0.25) is 0 Å². The van der Waals surface area contributed by atoms with Crippen molar-refractivity contribution in [3.63, 3.8) is 0 Å². The van der Waals surface area contributed by atoms with Crippen LogP contribution in [0.3, 0.4) is 0 Å². The van der Waals surface area contributed by atoms with E-state index in [1.54, 1.807) is 0 Å². The zero-order valence-electron chi connectivity index (χ0n) is 9.09. The summed E-state index contributed by atoms with van der Waals surface area (Å²) >= 11 is 0. The summed E-state index contributed by atoms with van der Waals surface area (Å²) in [6, 6.07) is 13.4. The summed E-state index contributed by atoms with van der Waals surface area (Å²) in [5.41, 5.74) is 1.41. The van der Waals surface area contributed by atoms with Crippen LogP contribution in [-0.2, 0) is 6.42 Å². The third kappa shape index (κ3) is 4.00. The van der Waals surface area contributed by atoms with Crippen LogP contribution in [0.15, 0.2) is 53.1 Å². The molecule has 0 aliphatic heterocycles. The number of carboxylic acid groups (broad SMARTS) is 1. The van der Waals surface area contributed by atoms with Crippen molar-refractivity contribution in [2.75, 3.05) is 0 Å². The van der Waals surface area contributed by atoms with Gasteiger partial charge in [0.15, 0.2) is 0 Å². The van der Waals surface area contributed by atoms with E-state index >= 15 is 0 Å². The maximum Gasteiger partial charge on any atom is 0.371 e. The van der Waals surface area contributed by atoms with Gasteiger partial charge in [0.25, 0.3) is 0 Å². The molecule has 3 nitrogen and oxygen atoms in total. The van der Waals surface area contributed by atoms with Crippen LogP contribution in [0.25, 0.3) is 0 Å². The van der Waals surface area contributed by atoms with Gasteiger partial charge in [0, 0.05) is 0 Å². The largest absolute Gasteiger partial charge is 0.475 e. The van der Waals surface area contributed by atoms with Crippen LogP contribution in [0.4, 0.5) is 0 Å². The lowest BCUT2D eigenvalue weighted by molar-refractivity contribution is 0.0662. The molecule has 0 aliphatic carbocycles. The van der Waals surface area contributed by atoms with Gasteiger partial charge in [-0.15, -0.1) is 0 Å². The number of rotatable bonds is 2. The molecule has 0 unspecified atom stereocenters. The predicted molar refractivity (Wildman–Crippen MR) is 61.5 cm³/mol. The Hall–Kier alpha value is -2.03. The molecule has 0 saturated heterocycles. The number of aromatic carboxylic acids is 1. The highest BCUT2D eigenvalue weighted by atomic mass is 16.4. The first kappa shape index (κ1) is 12.0. The maximum absolute atomic E-state index is 9.97. The zero-order valence-corrected chi connectivity index (χ0v) is 9.09. The number of aryl methyl sites for hydroxylation is 1. The Morgan fingerprint density at radius 1 is 1.19 bits per heavy atom. The molecule has 84 valence electrons. The first-order valence-corrected chi connectivity index (χ1v) is 5.04. The van der Waals surface area contributed by atoms with Crippen molar-refractivity contribution < 1.29 is 14.3 Å². The van der Waals surface area contributed by atoms with Gasteiger partial charge in [-0.25, -0.2) is 4.79 Å². The molecule has 2 aromatic rings. The monoisotopic (exact) mass is 218 g/mol. The van der Waals surface area contributed by atoms with Gasteiger partial charge in [-0.3, -0.25) is 0 Å². The summed E-state index contributed by atoms with van der Waals surface area (Å²) < 4.78 is 4.50. The molecule has 0 amide bonds. The lowest BCUT2D eigenvalue weighted by Crippen LogP contribution is -1.90. The van der Waals surface area contributed by atoms with E-state index in [-0.39, 0.29) is 5.76 Å². The Bertz CT molecular complexity index is 404. The van der Waals surface area contributed by atoms with E-state index in [0.29, 0.717) is 0 Å². The molecule has 0 bridgehead atoms. The first-order valence-electron chi connectivity index (χ1n) is 5.04. The van der Waals surface area contributed by atoms with Gasteiger partial charge in [-0.05, 0) is 24.1 Å². The van der Waals surface area contributed by atoms with Crippen LogP contribution in [0.1, 0.15) is 23.0 Å². The highest BCUT2D eigenvalue weighted by Crippen LogP contribution is 1.97. The van der Waals surface area contributed by atoms with Crippen LogP contribution in [0, 0.1) is 0 Å². The van der Waals surface area contributed by atoms with E-state index in [1.165, 1.54) is 24.0 Å². The summed E-state index contributed by atoms with van der Waals surface area (Å²) in [5.74, 6) is -1.06. The second kappa shape index (κ2) is 6.45. The smallest absolute Gasteiger partial charge is 0.371 e. The van der Waals surface area contributed by atoms with Gasteiger partial charge >= 0.3 is 5.97 Å². The Balaban J connectivity index is 0.000000160. The van der Waals surface area contributed by atoms with Crippen LogP contribution < -0.4 is 0 Å². The van der Waals surface area contributed by atoms with E-state index in [1.807, 2.05) is 6.07 Å². The summed E-state index contributed by atoms with van der Waals surface area (Å²) in [6.45, 7) is 2.16. The average Bonchev–Trinajstić information content (AvgIpc) is 2.85. The van der Waals surface area contributed by atoms with Crippen molar-refractivity contribution in [1.29, 1.82) is 0 Å². The molecule has 1 N–H and O–H groups in total. The number of furan rings is 1. The SMILES string of the molecule is CCc1ccccc1.O=C(O)c1ccco1. The van der Waals surface area contributed by atoms with Gasteiger partial charge < -0.3 is 9.52 Å². The number of benzene rings is 1. The summed E-state index contributed by atoms with van der Waals surface area (Å²) in [6.07, 6.45) is 2.46. The normalized spacial score (nSPS) is 9.06. The first-order chi connectivity index (χ1) is 7.74. The molecule has 2 rings (SSSR count). The topological polar surface area (TPSA) is 50.4 Å². The highest BCUT2D eigenvalue weighted by molar-refractivity contribution is 5.84. The van der Waals surface area contributed by atoms with Crippen molar-refractivity contribution in [2.24, 2.45) is 0 Å². The van der Waals surface area contributed by atoms with Gasteiger partial charge in [-0.1, -0.05) is 37.3 Å². The van der Waals surface area contributed by atoms with Gasteiger partial charge in [0.05, 0.1) is 6.26 Å². The van der Waals surface area contributed by atoms with Crippen LogP contribution >= 0.6 is 0 Å². The van der Waals surface area contributed by atoms with E-state index < -0.39 is 5.97 Å². The van der Waals surface area contributed by atoms with E-state index in [9.17, 15) is 4.79 Å². The fraction of sp³-hybridized carbons (Fsp3) is 0.154. The molecule has 0 fully saturated rings. The number of carbonyl (C=O) groups is 1. The quantitative estimate of drug-likeness (QED) is 0.841. The van der Waals surface area contributed by atoms with Crippen molar-refractivity contribution in [3.8, 4) is 0 Å². The Morgan fingerprint density at radius 2 is 1.88 bits per heavy atom. The molecule has 0 saturated carbocycles. The van der Waals surface area contributed by atoms with Gasteiger partial charge in [0.2, 0.25) is 5.76 Å². The minimum atomic E-state index is -1.03. The minimum absolute atomic E-state index is 0.0231. The lowest BCUT2D eigenvalue weighted by atomic mass is 10.2. The standard InChI is InChI=1S/C8H10.C5H4O3/c1-2-8-6-4-3-5-7-8;6-5(7)4-2-1-3-8-4/h3-7H,2H2,1H3;1-3H,(H,6,7). The summed E-state index contributed by atoms with van der Waals surface area (Å²) in [4.78, 5) is 9.97. The van der Waals surface area contributed by atoms with E-state index in [2.05, 4.69) is 35.6 Å².